The molecule has 6 nitrogen and oxygen atoms in total. The van der Waals surface area contributed by atoms with Crippen LogP contribution in [0.1, 0.15) is 25.3 Å². The van der Waals surface area contributed by atoms with E-state index in [0.717, 1.165) is 17.8 Å². The summed E-state index contributed by atoms with van der Waals surface area (Å²) in [4.78, 5) is 15.0. The van der Waals surface area contributed by atoms with Crippen LogP contribution in [0.25, 0.3) is 0 Å². The Bertz CT molecular complexity index is 811. The number of para-hydroxylation sites is 1. The summed E-state index contributed by atoms with van der Waals surface area (Å²) < 4.78 is 10.9. The molecule has 2 unspecified atom stereocenters. The number of nitrogens with zero attached hydrogens (tertiary/aromatic N) is 3. The van der Waals surface area contributed by atoms with Crippen LogP contribution in [0.5, 0.6) is 0 Å². The highest BCUT2D eigenvalue weighted by molar-refractivity contribution is 6.39. The highest BCUT2D eigenvalue weighted by atomic mass is 16.5. The Morgan fingerprint density at radius 2 is 1.69 bits per heavy atom. The van der Waals surface area contributed by atoms with Crippen LogP contribution in [-0.2, 0) is 14.3 Å². The molecule has 0 saturated carbocycles. The molecule has 2 atom stereocenters. The van der Waals surface area contributed by atoms with E-state index in [-0.39, 0.29) is 18.1 Å². The molecule has 0 radical (unpaired) electrons. The van der Waals surface area contributed by atoms with Gasteiger partial charge in [0.15, 0.2) is 5.71 Å². The number of carbonyl (C=O) groups is 1. The van der Waals surface area contributed by atoms with Gasteiger partial charge >= 0.3 is 5.97 Å². The van der Waals surface area contributed by atoms with Crippen LogP contribution < -0.4 is 5.01 Å². The Hall–Kier alpha value is -2.70. The zero-order valence-electron chi connectivity index (χ0n) is 17.3. The summed E-state index contributed by atoms with van der Waals surface area (Å²) in [5.41, 5.74) is 2.39. The van der Waals surface area contributed by atoms with Gasteiger partial charge in [-0.2, -0.15) is 5.10 Å². The number of hydrogen-bond donors (Lipinski definition) is 0. The number of anilines is 1. The minimum Gasteiger partial charge on any atom is -0.461 e. The quantitative estimate of drug-likeness (QED) is 0.480. The molecule has 2 aromatic rings. The number of likely N-dealkylation sites (N-methyl/N-ethyl adjacent to an activating group) is 1. The number of esters is 1. The van der Waals surface area contributed by atoms with E-state index < -0.39 is 0 Å². The number of rotatable bonds is 9. The maximum absolute atomic E-state index is 12.8. The van der Waals surface area contributed by atoms with Crippen molar-refractivity contribution in [3.8, 4) is 0 Å². The van der Waals surface area contributed by atoms with Crippen molar-refractivity contribution in [1.82, 2.24) is 4.90 Å². The Morgan fingerprint density at radius 3 is 2.31 bits per heavy atom. The second-order valence-electron chi connectivity index (χ2n) is 6.87. The van der Waals surface area contributed by atoms with Crippen molar-refractivity contribution in [3.63, 3.8) is 0 Å². The fourth-order valence-electron chi connectivity index (χ4n) is 3.60. The maximum atomic E-state index is 12.8. The lowest BCUT2D eigenvalue weighted by molar-refractivity contribution is -0.135. The average Bonchev–Trinajstić information content (AvgIpc) is 3.16. The van der Waals surface area contributed by atoms with Gasteiger partial charge < -0.3 is 9.47 Å². The summed E-state index contributed by atoms with van der Waals surface area (Å²) in [6, 6.07) is 20.0. The van der Waals surface area contributed by atoms with E-state index in [1.807, 2.05) is 86.6 Å². The van der Waals surface area contributed by atoms with E-state index in [4.69, 9.17) is 14.6 Å². The van der Waals surface area contributed by atoms with Crippen LogP contribution in [0.15, 0.2) is 65.8 Å². The van der Waals surface area contributed by atoms with Gasteiger partial charge in [-0.05, 0) is 38.6 Å². The minimum absolute atomic E-state index is 0.167. The van der Waals surface area contributed by atoms with Crippen LogP contribution in [0.2, 0.25) is 0 Å². The summed E-state index contributed by atoms with van der Waals surface area (Å²) in [6.45, 7) is 6.12. The van der Waals surface area contributed by atoms with E-state index in [2.05, 4.69) is 4.90 Å². The van der Waals surface area contributed by atoms with E-state index in [9.17, 15) is 4.79 Å². The van der Waals surface area contributed by atoms with Gasteiger partial charge in [-0.25, -0.2) is 9.80 Å². The molecule has 3 rings (SSSR count). The summed E-state index contributed by atoms with van der Waals surface area (Å²) in [5, 5.41) is 6.68. The molecule has 29 heavy (non-hydrogen) atoms. The molecule has 0 aromatic heterocycles. The molecule has 0 saturated heterocycles. The predicted molar refractivity (Wildman–Crippen MR) is 115 cm³/mol. The number of hydrazone groups is 1. The summed E-state index contributed by atoms with van der Waals surface area (Å²) in [7, 11) is 2.04. The Labute approximate surface area is 172 Å². The van der Waals surface area contributed by atoms with Crippen LogP contribution in [-0.4, -0.2) is 56.2 Å². The molecule has 0 aliphatic carbocycles. The van der Waals surface area contributed by atoms with Gasteiger partial charge in [-0.3, -0.25) is 4.90 Å². The van der Waals surface area contributed by atoms with Gasteiger partial charge in [0.05, 0.1) is 24.8 Å². The fourth-order valence-corrected chi connectivity index (χ4v) is 3.60. The van der Waals surface area contributed by atoms with Gasteiger partial charge in [-0.1, -0.05) is 48.5 Å². The molecular weight excluding hydrogens is 366 g/mol. The van der Waals surface area contributed by atoms with Gasteiger partial charge in [0.1, 0.15) is 6.17 Å². The van der Waals surface area contributed by atoms with Gasteiger partial charge in [0, 0.05) is 13.2 Å². The van der Waals surface area contributed by atoms with E-state index in [1.165, 1.54) is 0 Å². The monoisotopic (exact) mass is 395 g/mol. The zero-order chi connectivity index (χ0) is 20.6. The second kappa shape index (κ2) is 10.2. The zero-order valence-corrected chi connectivity index (χ0v) is 17.3. The predicted octanol–water partition coefficient (Wildman–Crippen LogP) is 3.50. The van der Waals surface area contributed by atoms with Gasteiger partial charge in [0.25, 0.3) is 0 Å². The number of carbonyl (C=O) groups excluding carboxylic acids is 1. The number of hydrogen-bond acceptors (Lipinski definition) is 6. The normalized spacial score (nSPS) is 18.8. The topological polar surface area (TPSA) is 54.4 Å². The molecular formula is C23H29N3O3. The lowest BCUT2D eigenvalue weighted by Crippen LogP contribution is -2.47. The molecule has 0 N–H and O–H groups in total. The maximum Gasteiger partial charge on any atom is 0.355 e. The first-order valence-electron chi connectivity index (χ1n) is 10.1. The van der Waals surface area contributed by atoms with Crippen molar-refractivity contribution in [3.05, 3.63) is 66.2 Å². The Kier molecular flexibility index (Phi) is 7.38. The van der Waals surface area contributed by atoms with Crippen LogP contribution in [0.3, 0.4) is 0 Å². The number of ether oxygens (including phenoxy) is 2. The standard InChI is InChI=1S/C23H29N3O3/c1-4-28-17-16-25(3)22-20(18-12-8-6-9-13-18)21(23(27)29-5-2)24-26(22)19-14-10-7-11-15-19/h6-15,20,22H,4-5,16-17H2,1-3H3. The van der Waals surface area contributed by atoms with Crippen molar-refractivity contribution < 1.29 is 14.3 Å². The highest BCUT2D eigenvalue weighted by Gasteiger charge is 2.44. The van der Waals surface area contributed by atoms with Crippen LogP contribution in [0, 0.1) is 0 Å². The van der Waals surface area contributed by atoms with Gasteiger partial charge in [-0.15, -0.1) is 0 Å². The molecule has 2 aromatic carbocycles. The lowest BCUT2D eigenvalue weighted by Gasteiger charge is -2.35. The first-order chi connectivity index (χ1) is 14.2. The SMILES string of the molecule is CCOCCN(C)C1C(c2ccccc2)C(C(=O)OCC)=NN1c1ccccc1. The minimum atomic E-state index is -0.372. The average molecular weight is 396 g/mol. The summed E-state index contributed by atoms with van der Waals surface area (Å²) in [5.74, 6) is -0.606. The molecule has 0 amide bonds. The van der Waals surface area contributed by atoms with Crippen LogP contribution >= 0.6 is 0 Å². The molecule has 154 valence electrons. The fraction of sp³-hybridized carbons (Fsp3) is 0.391. The highest BCUT2D eigenvalue weighted by Crippen LogP contribution is 2.36. The van der Waals surface area contributed by atoms with E-state index >= 15 is 0 Å². The first-order valence-corrected chi connectivity index (χ1v) is 10.1. The van der Waals surface area contributed by atoms with Crippen molar-refractivity contribution in [1.29, 1.82) is 0 Å². The lowest BCUT2D eigenvalue weighted by atomic mass is 9.91. The molecule has 1 aliphatic heterocycles. The van der Waals surface area contributed by atoms with Crippen LogP contribution in [0.4, 0.5) is 5.69 Å². The largest absolute Gasteiger partial charge is 0.461 e. The Balaban J connectivity index is 2.03. The molecule has 0 bridgehead atoms. The first kappa shape index (κ1) is 21.0. The molecule has 0 spiro atoms. The van der Waals surface area contributed by atoms with Crippen molar-refractivity contribution in [2.75, 3.05) is 38.4 Å². The van der Waals surface area contributed by atoms with E-state index in [1.54, 1.807) is 0 Å². The van der Waals surface area contributed by atoms with Crippen molar-refractivity contribution >= 4 is 17.4 Å². The molecule has 1 aliphatic rings. The molecule has 0 fully saturated rings. The molecule has 1 heterocycles. The van der Waals surface area contributed by atoms with Crippen molar-refractivity contribution in [2.45, 2.75) is 25.9 Å². The second-order valence-corrected chi connectivity index (χ2v) is 6.87. The van der Waals surface area contributed by atoms with Gasteiger partial charge in [0.2, 0.25) is 0 Å². The third-order valence-electron chi connectivity index (χ3n) is 4.97. The molecule has 6 heteroatoms. The number of benzene rings is 2. The van der Waals surface area contributed by atoms with E-state index in [0.29, 0.717) is 25.5 Å². The summed E-state index contributed by atoms with van der Waals surface area (Å²) >= 11 is 0. The third-order valence-corrected chi connectivity index (χ3v) is 4.97. The summed E-state index contributed by atoms with van der Waals surface area (Å²) in [6.07, 6.45) is -0.167. The third kappa shape index (κ3) is 4.83. The smallest absolute Gasteiger partial charge is 0.355 e. The Morgan fingerprint density at radius 1 is 1.03 bits per heavy atom. The van der Waals surface area contributed by atoms with Crippen molar-refractivity contribution in [2.24, 2.45) is 5.10 Å².